The molecule has 0 aromatic heterocycles. The van der Waals surface area contributed by atoms with E-state index in [0.717, 1.165) is 27.0 Å². The Balaban J connectivity index is 1.88. The van der Waals surface area contributed by atoms with Crippen LogP contribution in [-0.2, 0) is 0 Å². The minimum absolute atomic E-state index is 0.316. The lowest BCUT2D eigenvalue weighted by atomic mass is 9.94. The van der Waals surface area contributed by atoms with Crippen molar-refractivity contribution in [2.45, 2.75) is 6.04 Å². The molecule has 1 heterocycles. The molecule has 0 unspecified atom stereocenters. The summed E-state index contributed by atoms with van der Waals surface area (Å²) in [6.45, 7) is 0. The average molecular weight is 311 g/mol. The van der Waals surface area contributed by atoms with Gasteiger partial charge in [0, 0.05) is 22.8 Å². The van der Waals surface area contributed by atoms with Gasteiger partial charge in [-0.2, -0.15) is 4.74 Å². The fourth-order valence-corrected chi connectivity index (χ4v) is 3.20. The van der Waals surface area contributed by atoms with Gasteiger partial charge in [-0.05, 0) is 17.7 Å². The van der Waals surface area contributed by atoms with Gasteiger partial charge in [0.15, 0.2) is 0 Å². The molecule has 2 nitrogen and oxygen atoms in total. The molecule has 0 N–H and O–H groups in total. The Kier molecular flexibility index (Phi) is 3.72. The normalized spacial score (nSPS) is 17.0. The molecule has 0 saturated heterocycles. The maximum atomic E-state index is 13.1. The zero-order valence-corrected chi connectivity index (χ0v) is 13.2. The van der Waals surface area contributed by atoms with Crippen LogP contribution in [0.1, 0.15) is 22.7 Å². The highest BCUT2D eigenvalue weighted by Crippen LogP contribution is 2.37. The Morgan fingerprint density at radius 1 is 0.625 bits per heavy atom. The summed E-state index contributed by atoms with van der Waals surface area (Å²) < 4.78 is 1.13. The van der Waals surface area contributed by atoms with Gasteiger partial charge in [0.25, 0.3) is 0 Å². The van der Waals surface area contributed by atoms with Crippen molar-refractivity contribution >= 4 is 11.3 Å². The first-order valence-corrected chi connectivity index (χ1v) is 8.05. The Morgan fingerprint density at radius 2 is 1.12 bits per heavy atom. The van der Waals surface area contributed by atoms with E-state index in [2.05, 4.69) is 12.1 Å². The second-order valence-corrected chi connectivity index (χ2v) is 5.86. The smallest absolute Gasteiger partial charge is 0.219 e. The lowest BCUT2D eigenvalue weighted by Crippen LogP contribution is -2.15. The number of allylic oxidation sites excluding steroid dienone is 1. The van der Waals surface area contributed by atoms with Crippen molar-refractivity contribution in [3.8, 4) is 0 Å². The molecular formula is C22H17NO. The molecule has 1 aliphatic rings. The number of nitrogens with zero attached hydrogens (tertiary/aromatic N) is 1. The van der Waals surface area contributed by atoms with E-state index in [0.29, 0.717) is 5.71 Å². The third-order valence-corrected chi connectivity index (χ3v) is 4.35. The minimum atomic E-state index is -0.316. The third kappa shape index (κ3) is 2.52. The maximum absolute atomic E-state index is 13.1. The van der Waals surface area contributed by atoms with Crippen molar-refractivity contribution in [1.29, 1.82) is 0 Å². The van der Waals surface area contributed by atoms with Crippen molar-refractivity contribution in [3.05, 3.63) is 119 Å². The van der Waals surface area contributed by atoms with Gasteiger partial charge in [0.05, 0.1) is 0 Å². The van der Waals surface area contributed by atoms with Gasteiger partial charge in [0.2, 0.25) is 11.8 Å². The van der Waals surface area contributed by atoms with Gasteiger partial charge in [0.1, 0.15) is 0 Å². The van der Waals surface area contributed by atoms with Crippen LogP contribution in [0, 0.1) is 5.21 Å². The molecule has 0 amide bonds. The molecule has 3 aromatic carbocycles. The van der Waals surface area contributed by atoms with E-state index in [1.165, 1.54) is 0 Å². The topological polar surface area (TPSA) is 26.1 Å². The molecule has 0 bridgehead atoms. The van der Waals surface area contributed by atoms with E-state index >= 15 is 0 Å². The van der Waals surface area contributed by atoms with Gasteiger partial charge in [-0.25, -0.2) is 0 Å². The first-order valence-electron chi connectivity index (χ1n) is 8.05. The summed E-state index contributed by atoms with van der Waals surface area (Å²) in [5.74, 6) is 0. The van der Waals surface area contributed by atoms with Crippen LogP contribution in [0.25, 0.3) is 5.57 Å². The number of rotatable bonds is 3. The predicted octanol–water partition coefficient (Wildman–Crippen LogP) is 4.82. The van der Waals surface area contributed by atoms with Crippen LogP contribution in [0.3, 0.4) is 0 Å². The lowest BCUT2D eigenvalue weighted by molar-refractivity contribution is -0.485. The first-order chi connectivity index (χ1) is 11.8. The van der Waals surface area contributed by atoms with Crippen molar-refractivity contribution in [2.75, 3.05) is 0 Å². The molecule has 0 fully saturated rings. The second kappa shape index (κ2) is 6.17. The summed E-state index contributed by atoms with van der Waals surface area (Å²) in [5, 5.41) is 13.1. The van der Waals surface area contributed by atoms with Gasteiger partial charge in [-0.3, -0.25) is 0 Å². The Bertz CT molecular complexity index is 896. The van der Waals surface area contributed by atoms with Crippen molar-refractivity contribution in [1.82, 2.24) is 0 Å². The standard InChI is InChI=1S/C22H17NO/c24-23-21(18-12-6-2-7-13-18)16-20(17-10-4-1-5-11-17)22(23)19-14-8-3-9-15-19/h1-16,22H/t22-/m0/s1. The average Bonchev–Trinajstić information content (AvgIpc) is 3.01. The summed E-state index contributed by atoms with van der Waals surface area (Å²) in [7, 11) is 0. The lowest BCUT2D eigenvalue weighted by Gasteiger charge is -2.17. The largest absolute Gasteiger partial charge is 0.623 e. The van der Waals surface area contributed by atoms with Gasteiger partial charge in [-0.1, -0.05) is 78.9 Å². The molecule has 2 heteroatoms. The molecule has 116 valence electrons. The molecule has 24 heavy (non-hydrogen) atoms. The van der Waals surface area contributed by atoms with E-state index in [9.17, 15) is 5.21 Å². The Morgan fingerprint density at radius 3 is 1.71 bits per heavy atom. The van der Waals surface area contributed by atoms with Crippen molar-refractivity contribution in [2.24, 2.45) is 0 Å². The van der Waals surface area contributed by atoms with Crippen molar-refractivity contribution < 1.29 is 4.74 Å². The van der Waals surface area contributed by atoms with E-state index in [1.54, 1.807) is 0 Å². The molecule has 4 rings (SSSR count). The van der Waals surface area contributed by atoms with Gasteiger partial charge >= 0.3 is 0 Å². The van der Waals surface area contributed by atoms with E-state index < -0.39 is 0 Å². The highest BCUT2D eigenvalue weighted by atomic mass is 16.5. The fourth-order valence-electron chi connectivity index (χ4n) is 3.20. The minimum Gasteiger partial charge on any atom is -0.623 e. The SMILES string of the molecule is [O-][N+]1=C(c2ccccc2)C=C(c2ccccc2)[C@@H]1c1ccccc1. The fraction of sp³-hybridized carbons (Fsp3) is 0.0455. The Labute approximate surface area is 141 Å². The number of benzene rings is 3. The summed E-state index contributed by atoms with van der Waals surface area (Å²) in [6, 6.07) is 29.6. The zero-order chi connectivity index (χ0) is 16.4. The number of hydroxylamine groups is 1. The molecule has 0 spiro atoms. The quantitative estimate of drug-likeness (QED) is 0.503. The van der Waals surface area contributed by atoms with Crippen LogP contribution in [0.4, 0.5) is 0 Å². The van der Waals surface area contributed by atoms with Crippen LogP contribution in [0.5, 0.6) is 0 Å². The number of hydrogen-bond acceptors (Lipinski definition) is 1. The van der Waals surface area contributed by atoms with E-state index in [1.807, 2.05) is 84.9 Å². The monoisotopic (exact) mass is 311 g/mol. The van der Waals surface area contributed by atoms with Gasteiger partial charge < -0.3 is 5.21 Å². The van der Waals surface area contributed by atoms with Crippen LogP contribution < -0.4 is 0 Å². The van der Waals surface area contributed by atoms with E-state index in [4.69, 9.17) is 0 Å². The summed E-state index contributed by atoms with van der Waals surface area (Å²) in [6.07, 6.45) is 2.02. The maximum Gasteiger partial charge on any atom is 0.219 e. The molecule has 0 saturated carbocycles. The molecular weight excluding hydrogens is 294 g/mol. The van der Waals surface area contributed by atoms with E-state index in [-0.39, 0.29) is 6.04 Å². The predicted molar refractivity (Wildman–Crippen MR) is 97.8 cm³/mol. The van der Waals surface area contributed by atoms with Crippen molar-refractivity contribution in [3.63, 3.8) is 0 Å². The zero-order valence-electron chi connectivity index (χ0n) is 13.2. The Hall–Kier alpha value is -3.13. The summed E-state index contributed by atoms with van der Waals surface area (Å²) >= 11 is 0. The molecule has 1 aliphatic heterocycles. The van der Waals surface area contributed by atoms with Crippen LogP contribution in [-0.4, -0.2) is 10.5 Å². The number of hydrogen-bond donors (Lipinski definition) is 0. The summed E-state index contributed by atoms with van der Waals surface area (Å²) in [4.78, 5) is 0. The third-order valence-electron chi connectivity index (χ3n) is 4.35. The molecule has 1 atom stereocenters. The van der Waals surface area contributed by atoms with Crippen LogP contribution in [0.15, 0.2) is 97.1 Å². The van der Waals surface area contributed by atoms with Crippen LogP contribution in [0.2, 0.25) is 0 Å². The highest BCUT2D eigenvalue weighted by Gasteiger charge is 2.34. The van der Waals surface area contributed by atoms with Gasteiger partial charge in [-0.15, -0.1) is 0 Å². The molecule has 3 aromatic rings. The first kappa shape index (κ1) is 14.5. The summed E-state index contributed by atoms with van der Waals surface area (Å²) in [5.41, 5.74) is 4.78. The van der Waals surface area contributed by atoms with Crippen LogP contribution >= 0.6 is 0 Å². The molecule has 0 aliphatic carbocycles. The molecule has 0 radical (unpaired) electrons. The second-order valence-electron chi connectivity index (χ2n) is 5.86. The highest BCUT2D eigenvalue weighted by molar-refractivity contribution is 6.11.